The molecule has 9 heteroatoms. The fourth-order valence-electron chi connectivity index (χ4n) is 2.67. The van der Waals surface area contributed by atoms with Crippen molar-refractivity contribution in [1.82, 2.24) is 5.43 Å². The van der Waals surface area contributed by atoms with E-state index in [2.05, 4.69) is 5.43 Å². The van der Waals surface area contributed by atoms with Gasteiger partial charge >= 0.3 is 6.18 Å². The molecule has 0 aromatic heterocycles. The number of benzene rings is 2. The summed E-state index contributed by atoms with van der Waals surface area (Å²) in [6, 6.07) is 8.92. The first-order chi connectivity index (χ1) is 13.2. The Balaban J connectivity index is 1.93. The summed E-state index contributed by atoms with van der Waals surface area (Å²) in [4.78, 5) is 24.8. The molecule has 1 aliphatic heterocycles. The minimum Gasteiger partial charge on any atom is -0.493 e. The molecule has 1 N–H and O–H groups in total. The smallest absolute Gasteiger partial charge is 0.416 e. The van der Waals surface area contributed by atoms with E-state index in [0.717, 1.165) is 23.2 Å². The summed E-state index contributed by atoms with van der Waals surface area (Å²) in [5.74, 6) is -0.619. The standard InChI is InChI=1S/C19H15F3N2O4/c1-27-15-7-6-11(9-16(15)28-2)8-14-17(25)23-24(18(14)26)13-5-3-4-12(10-13)19(20,21)22/h3-10H,1-2H3,(H,23,25)/b14-8+. The number of amides is 2. The van der Waals surface area contributed by atoms with Gasteiger partial charge in [0.1, 0.15) is 5.57 Å². The van der Waals surface area contributed by atoms with Crippen LogP contribution in [0.5, 0.6) is 11.5 Å². The Bertz CT molecular complexity index is 970. The molecule has 1 aliphatic rings. The van der Waals surface area contributed by atoms with Gasteiger partial charge in [-0.15, -0.1) is 0 Å². The number of ether oxygens (including phenoxy) is 2. The SMILES string of the molecule is COc1ccc(/C=C2\C(=O)NN(c3cccc(C(F)(F)F)c3)C2=O)cc1OC. The van der Waals surface area contributed by atoms with Crippen LogP contribution in [-0.2, 0) is 15.8 Å². The number of carbonyl (C=O) groups excluding carboxylic acids is 2. The summed E-state index contributed by atoms with van der Waals surface area (Å²) in [6.45, 7) is 0. The highest BCUT2D eigenvalue weighted by Gasteiger charge is 2.36. The molecule has 0 saturated carbocycles. The molecule has 0 bridgehead atoms. The van der Waals surface area contributed by atoms with Gasteiger partial charge in [-0.05, 0) is 42.0 Å². The second kappa shape index (κ2) is 7.26. The lowest BCUT2D eigenvalue weighted by molar-refractivity contribution is -0.137. The number of hydrogen-bond acceptors (Lipinski definition) is 4. The van der Waals surface area contributed by atoms with Gasteiger partial charge < -0.3 is 9.47 Å². The number of carbonyl (C=O) groups is 2. The second-order valence-electron chi connectivity index (χ2n) is 5.80. The van der Waals surface area contributed by atoms with Crippen molar-refractivity contribution in [3.05, 3.63) is 59.2 Å². The van der Waals surface area contributed by atoms with Gasteiger partial charge in [0.05, 0.1) is 25.5 Å². The number of rotatable bonds is 4. The van der Waals surface area contributed by atoms with Crippen molar-refractivity contribution in [1.29, 1.82) is 0 Å². The molecule has 0 radical (unpaired) electrons. The summed E-state index contributed by atoms with van der Waals surface area (Å²) in [7, 11) is 2.91. The van der Waals surface area contributed by atoms with Crippen LogP contribution in [0.15, 0.2) is 48.0 Å². The molecule has 0 aliphatic carbocycles. The van der Waals surface area contributed by atoms with E-state index in [0.29, 0.717) is 17.1 Å². The lowest BCUT2D eigenvalue weighted by atomic mass is 10.1. The van der Waals surface area contributed by atoms with Crippen LogP contribution >= 0.6 is 0 Å². The lowest BCUT2D eigenvalue weighted by Gasteiger charge is -2.16. The van der Waals surface area contributed by atoms with Gasteiger partial charge in [-0.2, -0.15) is 13.2 Å². The number of alkyl halides is 3. The zero-order valence-corrected chi connectivity index (χ0v) is 14.8. The lowest BCUT2D eigenvalue weighted by Crippen LogP contribution is -2.35. The summed E-state index contributed by atoms with van der Waals surface area (Å²) in [6.07, 6.45) is -3.24. The van der Waals surface area contributed by atoms with Gasteiger partial charge in [0.25, 0.3) is 11.8 Å². The normalized spacial score (nSPS) is 15.8. The van der Waals surface area contributed by atoms with E-state index < -0.39 is 23.6 Å². The highest BCUT2D eigenvalue weighted by atomic mass is 19.4. The second-order valence-corrected chi connectivity index (χ2v) is 5.80. The van der Waals surface area contributed by atoms with E-state index in [-0.39, 0.29) is 11.3 Å². The number of hydrazine groups is 1. The van der Waals surface area contributed by atoms with Crippen molar-refractivity contribution in [3.8, 4) is 11.5 Å². The number of halogens is 3. The summed E-state index contributed by atoms with van der Waals surface area (Å²) < 4.78 is 49.0. The van der Waals surface area contributed by atoms with Crippen molar-refractivity contribution < 1.29 is 32.2 Å². The van der Waals surface area contributed by atoms with Crippen molar-refractivity contribution in [2.24, 2.45) is 0 Å². The number of methoxy groups -OCH3 is 2. The van der Waals surface area contributed by atoms with E-state index in [1.54, 1.807) is 18.2 Å². The van der Waals surface area contributed by atoms with Gasteiger partial charge in [-0.25, -0.2) is 5.01 Å². The molecule has 2 aromatic rings. The van der Waals surface area contributed by atoms with Crippen molar-refractivity contribution in [2.75, 3.05) is 19.2 Å². The Kier molecular flexibility index (Phi) is 5.00. The van der Waals surface area contributed by atoms with Gasteiger partial charge in [-0.1, -0.05) is 12.1 Å². The minimum atomic E-state index is -4.57. The average molecular weight is 392 g/mol. The Morgan fingerprint density at radius 2 is 1.71 bits per heavy atom. The van der Waals surface area contributed by atoms with E-state index in [1.807, 2.05) is 0 Å². The summed E-state index contributed by atoms with van der Waals surface area (Å²) in [5.41, 5.74) is 1.52. The van der Waals surface area contributed by atoms with Crippen LogP contribution in [0.2, 0.25) is 0 Å². The predicted octanol–water partition coefficient (Wildman–Crippen LogP) is 3.18. The average Bonchev–Trinajstić information content (AvgIpc) is 2.95. The van der Waals surface area contributed by atoms with E-state index in [9.17, 15) is 22.8 Å². The van der Waals surface area contributed by atoms with Crippen molar-refractivity contribution in [3.63, 3.8) is 0 Å². The maximum Gasteiger partial charge on any atom is 0.416 e. The van der Waals surface area contributed by atoms with Gasteiger partial charge in [0, 0.05) is 0 Å². The first-order valence-corrected chi connectivity index (χ1v) is 8.01. The predicted molar refractivity (Wildman–Crippen MR) is 94.6 cm³/mol. The largest absolute Gasteiger partial charge is 0.493 e. The molecule has 1 heterocycles. The van der Waals surface area contributed by atoms with Gasteiger partial charge in [0.15, 0.2) is 11.5 Å². The number of anilines is 1. The molecule has 0 spiro atoms. The topological polar surface area (TPSA) is 67.9 Å². The molecule has 6 nitrogen and oxygen atoms in total. The minimum absolute atomic E-state index is 0.0936. The zero-order valence-electron chi connectivity index (χ0n) is 14.8. The highest BCUT2D eigenvalue weighted by molar-refractivity contribution is 6.31. The third-order valence-electron chi connectivity index (χ3n) is 4.04. The third kappa shape index (κ3) is 3.64. The molecule has 1 saturated heterocycles. The fourth-order valence-corrected chi connectivity index (χ4v) is 2.67. The molecule has 0 unspecified atom stereocenters. The van der Waals surface area contributed by atoms with Crippen LogP contribution < -0.4 is 19.9 Å². The summed E-state index contributed by atoms with van der Waals surface area (Å²) >= 11 is 0. The van der Waals surface area contributed by atoms with E-state index >= 15 is 0 Å². The molecule has 28 heavy (non-hydrogen) atoms. The van der Waals surface area contributed by atoms with Crippen molar-refractivity contribution >= 4 is 23.6 Å². The first-order valence-electron chi connectivity index (χ1n) is 8.01. The molecule has 2 aromatic carbocycles. The Morgan fingerprint density at radius 1 is 1.00 bits per heavy atom. The van der Waals surface area contributed by atoms with Gasteiger partial charge in [-0.3, -0.25) is 15.0 Å². The van der Waals surface area contributed by atoms with Crippen LogP contribution in [0.4, 0.5) is 18.9 Å². The monoisotopic (exact) mass is 392 g/mol. The van der Waals surface area contributed by atoms with Crippen LogP contribution in [0.3, 0.4) is 0 Å². The highest BCUT2D eigenvalue weighted by Crippen LogP contribution is 2.33. The Labute approximate surface area is 158 Å². The Hall–Kier alpha value is -3.49. The number of nitrogens with one attached hydrogen (secondary N) is 1. The molecular weight excluding hydrogens is 377 g/mol. The van der Waals surface area contributed by atoms with Crippen LogP contribution in [0.1, 0.15) is 11.1 Å². The molecular formula is C19H15F3N2O4. The number of hydrogen-bond donors (Lipinski definition) is 1. The van der Waals surface area contributed by atoms with E-state index in [1.165, 1.54) is 26.4 Å². The summed E-state index contributed by atoms with van der Waals surface area (Å²) in [5, 5.41) is 0.782. The quantitative estimate of drug-likeness (QED) is 0.641. The maximum absolute atomic E-state index is 12.9. The third-order valence-corrected chi connectivity index (χ3v) is 4.04. The van der Waals surface area contributed by atoms with Crippen LogP contribution in [-0.4, -0.2) is 26.0 Å². The zero-order chi connectivity index (χ0) is 20.5. The number of nitrogens with zero attached hydrogens (tertiary/aromatic N) is 1. The van der Waals surface area contributed by atoms with Gasteiger partial charge in [0.2, 0.25) is 0 Å². The van der Waals surface area contributed by atoms with Crippen LogP contribution in [0, 0.1) is 0 Å². The fraction of sp³-hybridized carbons (Fsp3) is 0.158. The first kappa shape index (κ1) is 19.3. The molecule has 2 amide bonds. The molecule has 1 fully saturated rings. The maximum atomic E-state index is 12.9. The molecule has 3 rings (SSSR count). The van der Waals surface area contributed by atoms with Crippen LogP contribution in [0.25, 0.3) is 6.08 Å². The molecule has 0 atom stereocenters. The van der Waals surface area contributed by atoms with Crippen molar-refractivity contribution in [2.45, 2.75) is 6.18 Å². The Morgan fingerprint density at radius 3 is 2.36 bits per heavy atom. The van der Waals surface area contributed by atoms with E-state index in [4.69, 9.17) is 9.47 Å². The molecule has 146 valence electrons.